The van der Waals surface area contributed by atoms with E-state index in [0.717, 1.165) is 19.3 Å². The molecule has 1 saturated carbocycles. The number of hydrogen-bond donors (Lipinski definition) is 2. The van der Waals surface area contributed by atoms with E-state index in [4.69, 9.17) is 5.11 Å². The Balaban J connectivity index is 2.38. The fraction of sp³-hybridized carbons (Fsp3) is 0.667. The van der Waals surface area contributed by atoms with E-state index in [1.165, 1.54) is 11.0 Å². The molecule has 0 bridgehead atoms. The van der Waals surface area contributed by atoms with Gasteiger partial charge >= 0.3 is 12.0 Å². The minimum atomic E-state index is -1.01. The highest BCUT2D eigenvalue weighted by molar-refractivity contribution is 5.80. The van der Waals surface area contributed by atoms with Gasteiger partial charge in [-0.2, -0.15) is 0 Å². The molecule has 5 nitrogen and oxygen atoms in total. The third-order valence-corrected chi connectivity index (χ3v) is 2.85. The molecule has 0 spiro atoms. The Morgan fingerprint density at radius 1 is 1.59 bits per heavy atom. The average molecular weight is 240 g/mol. The van der Waals surface area contributed by atoms with Gasteiger partial charge in [0.2, 0.25) is 0 Å². The Hall–Kier alpha value is -1.52. The maximum absolute atomic E-state index is 11.8. The lowest BCUT2D eigenvalue weighted by Crippen LogP contribution is -2.44. The molecule has 2 unspecified atom stereocenters. The third kappa shape index (κ3) is 4.46. The predicted molar refractivity (Wildman–Crippen MR) is 64.7 cm³/mol. The van der Waals surface area contributed by atoms with Crippen molar-refractivity contribution >= 4 is 12.0 Å². The maximum Gasteiger partial charge on any atom is 0.323 e. The van der Waals surface area contributed by atoms with Crippen LogP contribution in [0.25, 0.3) is 0 Å². The van der Waals surface area contributed by atoms with Gasteiger partial charge in [0, 0.05) is 12.6 Å². The number of carboxylic acid groups (broad SMARTS) is 1. The normalized spacial score (nSPS) is 21.7. The number of nitrogens with zero attached hydrogens (tertiary/aromatic N) is 1. The highest BCUT2D eigenvalue weighted by Crippen LogP contribution is 2.34. The molecule has 1 aliphatic carbocycles. The molecule has 0 heterocycles. The summed E-state index contributed by atoms with van der Waals surface area (Å²) in [4.78, 5) is 23.6. The number of rotatable bonds is 7. The fourth-order valence-electron chi connectivity index (χ4n) is 1.90. The lowest BCUT2D eigenvalue weighted by Gasteiger charge is -2.19. The fourth-order valence-corrected chi connectivity index (χ4v) is 1.90. The first-order chi connectivity index (χ1) is 8.08. The Labute approximate surface area is 101 Å². The molecule has 0 aliphatic heterocycles. The van der Waals surface area contributed by atoms with E-state index in [-0.39, 0.29) is 25.2 Å². The number of carbonyl (C=O) groups excluding carboxylic acids is 1. The zero-order valence-electron chi connectivity index (χ0n) is 10.2. The van der Waals surface area contributed by atoms with Crippen LogP contribution in [0.3, 0.4) is 0 Å². The zero-order valence-corrected chi connectivity index (χ0v) is 10.2. The van der Waals surface area contributed by atoms with Crippen LogP contribution in [0.15, 0.2) is 12.7 Å². The van der Waals surface area contributed by atoms with Crippen molar-refractivity contribution in [2.45, 2.75) is 32.2 Å². The number of nitrogens with one attached hydrogen (secondary N) is 1. The number of hydrogen-bond acceptors (Lipinski definition) is 2. The second kappa shape index (κ2) is 6.27. The van der Waals surface area contributed by atoms with Crippen LogP contribution in [-0.4, -0.2) is 41.1 Å². The molecule has 1 rings (SSSR count). The Bertz CT molecular complexity index is 304. The molecule has 5 heteroatoms. The van der Waals surface area contributed by atoms with Crippen molar-refractivity contribution in [3.8, 4) is 0 Å². The van der Waals surface area contributed by atoms with Crippen molar-refractivity contribution in [1.82, 2.24) is 10.2 Å². The first-order valence-electron chi connectivity index (χ1n) is 5.96. The second-order valence-corrected chi connectivity index (χ2v) is 4.40. The van der Waals surface area contributed by atoms with Crippen LogP contribution in [0, 0.1) is 5.92 Å². The molecule has 1 aliphatic rings. The van der Waals surface area contributed by atoms with Crippen LogP contribution >= 0.6 is 0 Å². The predicted octanol–water partition coefficient (Wildman–Crippen LogP) is 1.46. The Morgan fingerprint density at radius 3 is 2.82 bits per heavy atom. The molecular weight excluding hydrogens is 220 g/mol. The van der Waals surface area contributed by atoms with E-state index in [1.807, 2.05) is 0 Å². The van der Waals surface area contributed by atoms with Gasteiger partial charge < -0.3 is 15.3 Å². The SMILES string of the molecule is C=CCN(CC(=O)O)C(=O)NC1CC1CCC. The number of aliphatic carboxylic acids is 1. The van der Waals surface area contributed by atoms with Gasteiger partial charge in [-0.05, 0) is 18.8 Å². The van der Waals surface area contributed by atoms with Crippen molar-refractivity contribution in [2.75, 3.05) is 13.1 Å². The smallest absolute Gasteiger partial charge is 0.323 e. The van der Waals surface area contributed by atoms with E-state index in [1.54, 1.807) is 0 Å². The number of urea groups is 1. The summed E-state index contributed by atoms with van der Waals surface area (Å²) in [6, 6.07) is -0.0838. The van der Waals surface area contributed by atoms with Crippen molar-refractivity contribution < 1.29 is 14.7 Å². The van der Waals surface area contributed by atoms with Gasteiger partial charge in [0.05, 0.1) is 0 Å². The molecule has 0 radical (unpaired) electrons. The Kier molecular flexibility index (Phi) is 5.00. The second-order valence-electron chi connectivity index (χ2n) is 4.40. The minimum Gasteiger partial charge on any atom is -0.480 e. The maximum atomic E-state index is 11.8. The van der Waals surface area contributed by atoms with Crippen molar-refractivity contribution in [3.63, 3.8) is 0 Å². The van der Waals surface area contributed by atoms with Gasteiger partial charge in [-0.15, -0.1) is 6.58 Å². The summed E-state index contributed by atoms with van der Waals surface area (Å²) in [5, 5.41) is 11.5. The van der Waals surface area contributed by atoms with Crippen LogP contribution in [0.2, 0.25) is 0 Å². The summed E-state index contributed by atoms with van der Waals surface area (Å²) in [6.45, 7) is 5.60. The molecule has 17 heavy (non-hydrogen) atoms. The molecule has 1 fully saturated rings. The third-order valence-electron chi connectivity index (χ3n) is 2.85. The van der Waals surface area contributed by atoms with E-state index in [2.05, 4.69) is 18.8 Å². The summed E-state index contributed by atoms with van der Waals surface area (Å²) in [5.41, 5.74) is 0. The summed E-state index contributed by atoms with van der Waals surface area (Å²) in [5.74, 6) is -0.442. The van der Waals surface area contributed by atoms with Crippen LogP contribution in [-0.2, 0) is 4.79 Å². The molecule has 2 amide bonds. The lowest BCUT2D eigenvalue weighted by atomic mass is 10.2. The summed E-state index contributed by atoms with van der Waals surface area (Å²) in [6.07, 6.45) is 4.77. The standard InChI is InChI=1S/C12H20N2O3/c1-3-5-9-7-10(9)13-12(17)14(6-4-2)8-11(15)16/h4,9-10H,2-3,5-8H2,1H3,(H,13,17)(H,15,16). The van der Waals surface area contributed by atoms with Crippen LogP contribution in [0.4, 0.5) is 4.79 Å². The van der Waals surface area contributed by atoms with Gasteiger partial charge in [-0.25, -0.2) is 4.79 Å². The van der Waals surface area contributed by atoms with E-state index < -0.39 is 5.97 Å². The molecule has 0 aromatic carbocycles. The van der Waals surface area contributed by atoms with Crippen molar-refractivity contribution in [1.29, 1.82) is 0 Å². The summed E-state index contributed by atoms with van der Waals surface area (Å²) >= 11 is 0. The highest BCUT2D eigenvalue weighted by Gasteiger charge is 2.38. The lowest BCUT2D eigenvalue weighted by molar-refractivity contribution is -0.137. The van der Waals surface area contributed by atoms with Gasteiger partial charge in [-0.1, -0.05) is 19.4 Å². The van der Waals surface area contributed by atoms with E-state index >= 15 is 0 Å². The van der Waals surface area contributed by atoms with Gasteiger partial charge in [-0.3, -0.25) is 4.79 Å². The number of carboxylic acids is 1. The first-order valence-corrected chi connectivity index (χ1v) is 5.96. The molecule has 2 atom stereocenters. The van der Waals surface area contributed by atoms with E-state index in [9.17, 15) is 9.59 Å². The van der Waals surface area contributed by atoms with Crippen molar-refractivity contribution in [2.24, 2.45) is 5.92 Å². The Morgan fingerprint density at radius 2 is 2.29 bits per heavy atom. The molecule has 96 valence electrons. The quantitative estimate of drug-likeness (QED) is 0.662. The van der Waals surface area contributed by atoms with Crippen LogP contribution in [0.1, 0.15) is 26.2 Å². The average Bonchev–Trinajstić information content (AvgIpc) is 2.95. The highest BCUT2D eigenvalue weighted by atomic mass is 16.4. The summed E-state index contributed by atoms with van der Waals surface area (Å²) < 4.78 is 0. The monoisotopic (exact) mass is 240 g/mol. The van der Waals surface area contributed by atoms with Gasteiger partial charge in [0.1, 0.15) is 6.54 Å². The molecule has 0 saturated heterocycles. The molecule has 2 N–H and O–H groups in total. The van der Waals surface area contributed by atoms with Gasteiger partial charge in [0.25, 0.3) is 0 Å². The summed E-state index contributed by atoms with van der Waals surface area (Å²) in [7, 11) is 0. The van der Waals surface area contributed by atoms with E-state index in [0.29, 0.717) is 5.92 Å². The number of carbonyl (C=O) groups is 2. The zero-order chi connectivity index (χ0) is 12.8. The number of amides is 2. The largest absolute Gasteiger partial charge is 0.480 e. The molecular formula is C12H20N2O3. The minimum absolute atomic E-state index is 0.226. The van der Waals surface area contributed by atoms with Crippen LogP contribution < -0.4 is 5.32 Å². The first kappa shape index (κ1) is 13.5. The molecule has 0 aromatic heterocycles. The van der Waals surface area contributed by atoms with Gasteiger partial charge in [0.15, 0.2) is 0 Å². The molecule has 0 aromatic rings. The topological polar surface area (TPSA) is 69.6 Å². The van der Waals surface area contributed by atoms with Crippen molar-refractivity contribution in [3.05, 3.63) is 12.7 Å². The van der Waals surface area contributed by atoms with Crippen LogP contribution in [0.5, 0.6) is 0 Å².